The van der Waals surface area contributed by atoms with Crippen molar-refractivity contribution in [3.05, 3.63) is 71.3 Å². The fourth-order valence-electron chi connectivity index (χ4n) is 3.29. The van der Waals surface area contributed by atoms with Crippen molar-refractivity contribution in [2.45, 2.75) is 45.6 Å². The van der Waals surface area contributed by atoms with E-state index in [-0.39, 0.29) is 11.5 Å². The van der Waals surface area contributed by atoms with Crippen LogP contribution < -0.4 is 5.32 Å². The van der Waals surface area contributed by atoms with Gasteiger partial charge in [0.05, 0.1) is 18.3 Å². The Morgan fingerprint density at radius 2 is 1.80 bits per heavy atom. The Balaban J connectivity index is 1.47. The van der Waals surface area contributed by atoms with Gasteiger partial charge in [-0.15, -0.1) is 0 Å². The van der Waals surface area contributed by atoms with Gasteiger partial charge < -0.3 is 15.2 Å². The number of carbonyl (C=O) groups is 1. The van der Waals surface area contributed by atoms with Gasteiger partial charge in [-0.25, -0.2) is 4.79 Å². The van der Waals surface area contributed by atoms with E-state index in [0.717, 1.165) is 18.5 Å². The molecule has 0 aliphatic heterocycles. The predicted octanol–water partition coefficient (Wildman–Crippen LogP) is 3.86. The van der Waals surface area contributed by atoms with E-state index < -0.39 is 5.97 Å². The molecule has 0 saturated heterocycles. The summed E-state index contributed by atoms with van der Waals surface area (Å²) < 4.78 is 6.10. The molecule has 1 saturated carbocycles. The number of carboxylic acid groups (broad SMARTS) is 1. The summed E-state index contributed by atoms with van der Waals surface area (Å²) in [4.78, 5) is 10.9. The number of hydrogen-bond donors (Lipinski definition) is 2. The molecule has 4 heteroatoms. The highest BCUT2D eigenvalue weighted by molar-refractivity contribution is 5.87. The standard InChI is InChI=1S/C21H25NO3/c1-21(2)18(12-19(21)25-14-16-6-4-3-5-7-16)22-13-15-8-10-17(11-9-15)20(23)24/h3-11,18-19,22H,12-14H2,1-2H3,(H,23,24). The molecule has 2 aromatic rings. The minimum atomic E-state index is -0.891. The molecule has 25 heavy (non-hydrogen) atoms. The topological polar surface area (TPSA) is 58.6 Å². The van der Waals surface area contributed by atoms with Crippen LogP contribution in [0.1, 0.15) is 41.8 Å². The Hall–Kier alpha value is -2.17. The van der Waals surface area contributed by atoms with Gasteiger partial charge in [-0.3, -0.25) is 0 Å². The molecule has 1 aliphatic rings. The molecular weight excluding hydrogens is 314 g/mol. The van der Waals surface area contributed by atoms with E-state index in [0.29, 0.717) is 18.2 Å². The summed E-state index contributed by atoms with van der Waals surface area (Å²) in [5, 5.41) is 12.5. The number of nitrogens with one attached hydrogen (secondary N) is 1. The Morgan fingerprint density at radius 3 is 2.40 bits per heavy atom. The molecule has 4 nitrogen and oxygen atoms in total. The lowest BCUT2D eigenvalue weighted by molar-refractivity contribution is -0.125. The van der Waals surface area contributed by atoms with Gasteiger partial charge in [0.15, 0.2) is 0 Å². The lowest BCUT2D eigenvalue weighted by Crippen LogP contribution is -2.60. The van der Waals surface area contributed by atoms with Gasteiger partial charge in [0.1, 0.15) is 0 Å². The van der Waals surface area contributed by atoms with E-state index in [4.69, 9.17) is 9.84 Å². The fraction of sp³-hybridized carbons (Fsp3) is 0.381. The summed E-state index contributed by atoms with van der Waals surface area (Å²) in [6.07, 6.45) is 1.24. The molecule has 1 aliphatic carbocycles. The first-order chi connectivity index (χ1) is 12.0. The maximum atomic E-state index is 10.9. The molecule has 2 N–H and O–H groups in total. The lowest BCUT2D eigenvalue weighted by Gasteiger charge is -2.52. The Kier molecular flexibility index (Phi) is 5.21. The van der Waals surface area contributed by atoms with Gasteiger partial charge in [-0.05, 0) is 29.7 Å². The molecule has 0 radical (unpaired) electrons. The van der Waals surface area contributed by atoms with Crippen LogP contribution in [0, 0.1) is 5.41 Å². The second kappa shape index (κ2) is 7.38. The molecule has 0 aromatic heterocycles. The molecule has 0 amide bonds. The quantitative estimate of drug-likeness (QED) is 0.804. The average Bonchev–Trinajstić information content (AvgIpc) is 2.61. The van der Waals surface area contributed by atoms with Crippen LogP contribution in [0.25, 0.3) is 0 Å². The number of carboxylic acids is 1. The number of ether oxygens (including phenoxy) is 1. The van der Waals surface area contributed by atoms with Crippen LogP contribution >= 0.6 is 0 Å². The second-order valence-electron chi connectivity index (χ2n) is 7.28. The summed E-state index contributed by atoms with van der Waals surface area (Å²) in [6, 6.07) is 17.7. The maximum absolute atomic E-state index is 10.9. The van der Waals surface area contributed by atoms with E-state index in [9.17, 15) is 4.79 Å². The number of benzene rings is 2. The van der Waals surface area contributed by atoms with Crippen LogP contribution in [0.3, 0.4) is 0 Å². The molecular formula is C21H25NO3. The highest BCUT2D eigenvalue weighted by Gasteiger charge is 2.48. The van der Waals surface area contributed by atoms with Crippen LogP contribution in [0.15, 0.2) is 54.6 Å². The van der Waals surface area contributed by atoms with E-state index in [1.807, 2.05) is 30.3 Å². The van der Waals surface area contributed by atoms with Gasteiger partial charge in [0, 0.05) is 18.0 Å². The van der Waals surface area contributed by atoms with E-state index in [1.165, 1.54) is 5.56 Å². The molecule has 3 rings (SSSR count). The fourth-order valence-corrected chi connectivity index (χ4v) is 3.29. The van der Waals surface area contributed by atoms with Crippen molar-refractivity contribution >= 4 is 5.97 Å². The predicted molar refractivity (Wildman–Crippen MR) is 97.4 cm³/mol. The van der Waals surface area contributed by atoms with Crippen molar-refractivity contribution in [1.29, 1.82) is 0 Å². The van der Waals surface area contributed by atoms with E-state index >= 15 is 0 Å². The normalized spacial score (nSPS) is 21.5. The van der Waals surface area contributed by atoms with Crippen molar-refractivity contribution < 1.29 is 14.6 Å². The maximum Gasteiger partial charge on any atom is 0.335 e. The van der Waals surface area contributed by atoms with E-state index in [1.54, 1.807) is 12.1 Å². The van der Waals surface area contributed by atoms with Crippen LogP contribution in [0.4, 0.5) is 0 Å². The molecule has 2 atom stereocenters. The van der Waals surface area contributed by atoms with Gasteiger partial charge in [-0.1, -0.05) is 56.3 Å². The zero-order chi connectivity index (χ0) is 17.9. The van der Waals surface area contributed by atoms with Gasteiger partial charge in [-0.2, -0.15) is 0 Å². The molecule has 2 aromatic carbocycles. The summed E-state index contributed by atoms with van der Waals surface area (Å²) in [5.74, 6) is -0.891. The number of aromatic carboxylic acids is 1. The number of hydrogen-bond acceptors (Lipinski definition) is 3. The summed E-state index contributed by atoms with van der Waals surface area (Å²) >= 11 is 0. The second-order valence-corrected chi connectivity index (χ2v) is 7.28. The highest BCUT2D eigenvalue weighted by Crippen LogP contribution is 2.43. The van der Waals surface area contributed by atoms with Crippen LogP contribution in [0.5, 0.6) is 0 Å². The molecule has 0 heterocycles. The van der Waals surface area contributed by atoms with Crippen molar-refractivity contribution in [3.8, 4) is 0 Å². The third-order valence-electron chi connectivity index (χ3n) is 5.23. The lowest BCUT2D eigenvalue weighted by atomic mass is 9.64. The Labute approximate surface area is 148 Å². The summed E-state index contributed by atoms with van der Waals surface area (Å²) in [6.45, 7) is 5.85. The largest absolute Gasteiger partial charge is 0.478 e. The van der Waals surface area contributed by atoms with Crippen LogP contribution in [-0.4, -0.2) is 23.2 Å². The van der Waals surface area contributed by atoms with Gasteiger partial charge in [0.2, 0.25) is 0 Å². The Morgan fingerprint density at radius 1 is 1.12 bits per heavy atom. The molecule has 132 valence electrons. The molecule has 0 bridgehead atoms. The SMILES string of the molecule is CC1(C)C(NCc2ccc(C(=O)O)cc2)CC1OCc1ccccc1. The average molecular weight is 339 g/mol. The third-order valence-corrected chi connectivity index (χ3v) is 5.23. The first kappa shape index (κ1) is 17.6. The summed E-state index contributed by atoms with van der Waals surface area (Å²) in [7, 11) is 0. The van der Waals surface area contributed by atoms with Crippen molar-refractivity contribution in [2.24, 2.45) is 5.41 Å². The monoisotopic (exact) mass is 339 g/mol. The number of rotatable bonds is 7. The van der Waals surface area contributed by atoms with Crippen LogP contribution in [-0.2, 0) is 17.9 Å². The van der Waals surface area contributed by atoms with Crippen LogP contribution in [0.2, 0.25) is 0 Å². The zero-order valence-electron chi connectivity index (χ0n) is 14.7. The van der Waals surface area contributed by atoms with E-state index in [2.05, 4.69) is 31.3 Å². The highest BCUT2D eigenvalue weighted by atomic mass is 16.5. The minimum Gasteiger partial charge on any atom is -0.478 e. The summed E-state index contributed by atoms with van der Waals surface area (Å²) in [5.41, 5.74) is 2.69. The van der Waals surface area contributed by atoms with Crippen molar-refractivity contribution in [1.82, 2.24) is 5.32 Å². The first-order valence-electron chi connectivity index (χ1n) is 8.68. The minimum absolute atomic E-state index is 0.0792. The Bertz CT molecular complexity index is 710. The zero-order valence-corrected chi connectivity index (χ0v) is 14.7. The van der Waals surface area contributed by atoms with Crippen molar-refractivity contribution in [3.63, 3.8) is 0 Å². The third kappa shape index (κ3) is 4.09. The van der Waals surface area contributed by atoms with Gasteiger partial charge in [0.25, 0.3) is 0 Å². The molecule has 1 fully saturated rings. The van der Waals surface area contributed by atoms with Crippen molar-refractivity contribution in [2.75, 3.05) is 0 Å². The molecule has 0 spiro atoms. The first-order valence-corrected chi connectivity index (χ1v) is 8.68. The molecule has 2 unspecified atom stereocenters. The smallest absolute Gasteiger partial charge is 0.335 e. The van der Waals surface area contributed by atoms with Gasteiger partial charge >= 0.3 is 5.97 Å².